The standard InChI is InChI=1S/C17H19ClN2O3S/c1-4-17(21)19-13-7-6-12(3)15(10-13)20-24(22,23)16-8-5-11(2)9-14(16)18/h5-10,20H,4H2,1-3H3,(H,19,21). The van der Waals surface area contributed by atoms with Crippen LogP contribution in [-0.2, 0) is 14.8 Å². The molecule has 0 radical (unpaired) electrons. The van der Waals surface area contributed by atoms with E-state index in [4.69, 9.17) is 11.6 Å². The average Bonchev–Trinajstić information content (AvgIpc) is 2.49. The minimum absolute atomic E-state index is 0.0113. The number of sulfonamides is 1. The summed E-state index contributed by atoms with van der Waals surface area (Å²) in [4.78, 5) is 11.5. The Balaban J connectivity index is 2.35. The van der Waals surface area contributed by atoms with Crippen LogP contribution < -0.4 is 10.0 Å². The lowest BCUT2D eigenvalue weighted by Gasteiger charge is -2.14. The van der Waals surface area contributed by atoms with Crippen molar-refractivity contribution in [2.45, 2.75) is 32.1 Å². The molecule has 0 heterocycles. The number of nitrogens with one attached hydrogen (secondary N) is 2. The van der Waals surface area contributed by atoms with Crippen LogP contribution in [0.1, 0.15) is 24.5 Å². The molecule has 0 saturated carbocycles. The second kappa shape index (κ2) is 7.23. The first kappa shape index (κ1) is 18.3. The lowest BCUT2D eigenvalue weighted by atomic mass is 10.2. The Morgan fingerprint density at radius 3 is 2.46 bits per heavy atom. The van der Waals surface area contributed by atoms with Crippen LogP contribution in [0.25, 0.3) is 0 Å². The predicted octanol–water partition coefficient (Wildman–Crippen LogP) is 4.11. The molecule has 24 heavy (non-hydrogen) atoms. The monoisotopic (exact) mass is 366 g/mol. The van der Waals surface area contributed by atoms with E-state index in [9.17, 15) is 13.2 Å². The van der Waals surface area contributed by atoms with Crippen LogP contribution in [0.3, 0.4) is 0 Å². The first-order chi connectivity index (χ1) is 11.2. The zero-order chi connectivity index (χ0) is 17.9. The summed E-state index contributed by atoms with van der Waals surface area (Å²) >= 11 is 6.06. The van der Waals surface area contributed by atoms with E-state index in [-0.39, 0.29) is 15.8 Å². The molecule has 5 nitrogen and oxygen atoms in total. The summed E-state index contributed by atoms with van der Waals surface area (Å²) in [5.41, 5.74) is 2.52. The van der Waals surface area contributed by atoms with Crippen molar-refractivity contribution in [3.8, 4) is 0 Å². The Labute approximate surface area is 147 Å². The molecule has 2 aromatic carbocycles. The van der Waals surface area contributed by atoms with Gasteiger partial charge in [0.15, 0.2) is 0 Å². The van der Waals surface area contributed by atoms with Gasteiger partial charge in [0.1, 0.15) is 4.90 Å². The maximum absolute atomic E-state index is 12.6. The molecule has 0 aliphatic carbocycles. The summed E-state index contributed by atoms with van der Waals surface area (Å²) in [5, 5.41) is 2.87. The van der Waals surface area contributed by atoms with Crippen LogP contribution in [0.5, 0.6) is 0 Å². The second-order valence-electron chi connectivity index (χ2n) is 5.47. The van der Waals surface area contributed by atoms with Crippen molar-refractivity contribution < 1.29 is 13.2 Å². The van der Waals surface area contributed by atoms with Gasteiger partial charge in [0.05, 0.1) is 10.7 Å². The molecule has 0 aliphatic rings. The predicted molar refractivity (Wildman–Crippen MR) is 97.1 cm³/mol. The maximum Gasteiger partial charge on any atom is 0.263 e. The van der Waals surface area contributed by atoms with Gasteiger partial charge in [0.25, 0.3) is 10.0 Å². The fourth-order valence-electron chi connectivity index (χ4n) is 2.08. The lowest BCUT2D eigenvalue weighted by molar-refractivity contribution is -0.115. The molecule has 0 bridgehead atoms. The summed E-state index contributed by atoms with van der Waals surface area (Å²) < 4.78 is 27.7. The Bertz CT molecular complexity index is 879. The van der Waals surface area contributed by atoms with Crippen LogP contribution in [-0.4, -0.2) is 14.3 Å². The minimum atomic E-state index is -3.83. The van der Waals surface area contributed by atoms with Crippen molar-refractivity contribution in [1.82, 2.24) is 0 Å². The topological polar surface area (TPSA) is 75.3 Å². The molecule has 7 heteroatoms. The number of amides is 1. The number of rotatable bonds is 5. The second-order valence-corrected chi connectivity index (χ2v) is 7.53. The number of hydrogen-bond acceptors (Lipinski definition) is 3. The van der Waals surface area contributed by atoms with E-state index in [0.29, 0.717) is 17.8 Å². The number of halogens is 1. The average molecular weight is 367 g/mol. The quantitative estimate of drug-likeness (QED) is 0.836. The first-order valence-corrected chi connectivity index (χ1v) is 9.28. The van der Waals surface area contributed by atoms with E-state index >= 15 is 0 Å². The fourth-order valence-corrected chi connectivity index (χ4v) is 3.80. The van der Waals surface area contributed by atoms with E-state index < -0.39 is 10.0 Å². The van der Waals surface area contributed by atoms with Gasteiger partial charge in [0.2, 0.25) is 5.91 Å². The van der Waals surface area contributed by atoms with Gasteiger partial charge in [-0.05, 0) is 49.2 Å². The molecular weight excluding hydrogens is 348 g/mol. The highest BCUT2D eigenvalue weighted by Crippen LogP contribution is 2.27. The Morgan fingerprint density at radius 2 is 1.83 bits per heavy atom. The summed E-state index contributed by atoms with van der Waals surface area (Å²) in [6, 6.07) is 9.80. The molecule has 0 atom stereocenters. The van der Waals surface area contributed by atoms with E-state index in [0.717, 1.165) is 11.1 Å². The fraction of sp³-hybridized carbons (Fsp3) is 0.235. The molecule has 2 aromatic rings. The first-order valence-electron chi connectivity index (χ1n) is 7.42. The zero-order valence-electron chi connectivity index (χ0n) is 13.7. The molecule has 0 fully saturated rings. The summed E-state index contributed by atoms with van der Waals surface area (Å²) in [5.74, 6) is -0.144. The Hall–Kier alpha value is -2.05. The van der Waals surface area contributed by atoms with Crippen LogP contribution in [0.15, 0.2) is 41.3 Å². The van der Waals surface area contributed by atoms with E-state index in [1.165, 1.54) is 6.07 Å². The number of carbonyl (C=O) groups is 1. The van der Waals surface area contributed by atoms with Crippen molar-refractivity contribution in [2.75, 3.05) is 10.0 Å². The molecule has 1 amide bonds. The summed E-state index contributed by atoms with van der Waals surface area (Å²) in [6.45, 7) is 5.35. The third-order valence-corrected chi connectivity index (χ3v) is 5.31. The molecule has 0 spiro atoms. The van der Waals surface area contributed by atoms with Crippen LogP contribution >= 0.6 is 11.6 Å². The summed E-state index contributed by atoms with van der Waals surface area (Å²) in [7, 11) is -3.83. The molecular formula is C17H19ClN2O3S. The lowest BCUT2D eigenvalue weighted by Crippen LogP contribution is -2.15. The Kier molecular flexibility index (Phi) is 5.51. The van der Waals surface area contributed by atoms with Gasteiger partial charge in [-0.2, -0.15) is 0 Å². The summed E-state index contributed by atoms with van der Waals surface area (Å²) in [6.07, 6.45) is 0.341. The number of benzene rings is 2. The van der Waals surface area contributed by atoms with Crippen molar-refractivity contribution in [2.24, 2.45) is 0 Å². The molecule has 0 unspecified atom stereocenters. The molecule has 2 N–H and O–H groups in total. The van der Waals surface area contributed by atoms with Crippen molar-refractivity contribution >= 4 is 38.9 Å². The van der Waals surface area contributed by atoms with Gasteiger partial charge in [-0.15, -0.1) is 0 Å². The Morgan fingerprint density at radius 1 is 1.12 bits per heavy atom. The van der Waals surface area contributed by atoms with Crippen LogP contribution in [0.4, 0.5) is 11.4 Å². The van der Waals surface area contributed by atoms with Gasteiger partial charge in [-0.3, -0.25) is 9.52 Å². The van der Waals surface area contributed by atoms with Crippen molar-refractivity contribution in [3.63, 3.8) is 0 Å². The van der Waals surface area contributed by atoms with Gasteiger partial charge in [-0.1, -0.05) is 30.7 Å². The largest absolute Gasteiger partial charge is 0.326 e. The number of hydrogen-bond donors (Lipinski definition) is 2. The maximum atomic E-state index is 12.6. The van der Waals surface area contributed by atoms with Gasteiger partial charge < -0.3 is 5.32 Å². The highest BCUT2D eigenvalue weighted by molar-refractivity contribution is 7.92. The number of anilines is 2. The number of carbonyl (C=O) groups excluding carboxylic acids is 1. The van der Waals surface area contributed by atoms with Crippen molar-refractivity contribution in [3.05, 3.63) is 52.5 Å². The van der Waals surface area contributed by atoms with Crippen LogP contribution in [0, 0.1) is 13.8 Å². The highest BCUT2D eigenvalue weighted by atomic mass is 35.5. The highest BCUT2D eigenvalue weighted by Gasteiger charge is 2.19. The van der Waals surface area contributed by atoms with Gasteiger partial charge >= 0.3 is 0 Å². The normalized spacial score (nSPS) is 11.2. The molecule has 0 aliphatic heterocycles. The molecule has 0 aromatic heterocycles. The van der Waals surface area contributed by atoms with Gasteiger partial charge in [-0.25, -0.2) is 8.42 Å². The minimum Gasteiger partial charge on any atom is -0.326 e. The van der Waals surface area contributed by atoms with Crippen LogP contribution in [0.2, 0.25) is 5.02 Å². The zero-order valence-corrected chi connectivity index (χ0v) is 15.3. The van der Waals surface area contributed by atoms with Crippen molar-refractivity contribution in [1.29, 1.82) is 0 Å². The molecule has 2 rings (SSSR count). The van der Waals surface area contributed by atoms with Gasteiger partial charge in [0, 0.05) is 12.1 Å². The third kappa shape index (κ3) is 4.27. The third-order valence-electron chi connectivity index (χ3n) is 3.46. The molecule has 0 saturated heterocycles. The van der Waals surface area contributed by atoms with E-state index in [2.05, 4.69) is 10.0 Å². The number of aryl methyl sites for hydroxylation is 2. The smallest absolute Gasteiger partial charge is 0.263 e. The SMILES string of the molecule is CCC(=O)Nc1ccc(C)c(NS(=O)(=O)c2ccc(C)cc2Cl)c1. The van der Waals surface area contributed by atoms with E-state index in [1.54, 1.807) is 44.2 Å². The molecule has 128 valence electrons. The van der Waals surface area contributed by atoms with E-state index in [1.807, 2.05) is 6.92 Å².